The molecule has 9 nitrogen and oxygen atoms in total. The van der Waals surface area contributed by atoms with Crippen LogP contribution in [0.4, 0.5) is 4.79 Å². The van der Waals surface area contributed by atoms with Gasteiger partial charge in [-0.25, -0.2) is 9.80 Å². The smallest absolute Gasteiger partial charge is 0.319 e. The molecule has 0 saturated heterocycles. The molecule has 3 aliphatic rings. The van der Waals surface area contributed by atoms with Gasteiger partial charge in [0.2, 0.25) is 5.91 Å². The molecule has 39 heavy (non-hydrogen) atoms. The third-order valence-corrected chi connectivity index (χ3v) is 12.5. The van der Waals surface area contributed by atoms with Crippen LogP contribution in [0.15, 0.2) is 41.6 Å². The zero-order valence-electron chi connectivity index (χ0n) is 24.7. The van der Waals surface area contributed by atoms with Gasteiger partial charge < -0.3 is 25.7 Å². The van der Waals surface area contributed by atoms with E-state index in [2.05, 4.69) is 35.7 Å². The molecular weight excluding hydrogens is 510 g/mol. The fourth-order valence-electron chi connectivity index (χ4n) is 5.97. The van der Waals surface area contributed by atoms with Gasteiger partial charge in [-0.3, -0.25) is 9.59 Å². The maximum atomic E-state index is 13.7. The van der Waals surface area contributed by atoms with Crippen LogP contribution in [0.25, 0.3) is 0 Å². The van der Waals surface area contributed by atoms with Crippen LogP contribution in [0, 0.1) is 5.92 Å². The van der Waals surface area contributed by atoms with Crippen molar-refractivity contribution in [1.29, 1.82) is 0 Å². The molecule has 1 saturated carbocycles. The number of rotatable bonds is 8. The van der Waals surface area contributed by atoms with Crippen LogP contribution in [0.1, 0.15) is 58.6 Å². The van der Waals surface area contributed by atoms with Gasteiger partial charge >= 0.3 is 12.0 Å². The Hall–Kier alpha value is -2.85. The predicted molar refractivity (Wildman–Crippen MR) is 154 cm³/mol. The highest BCUT2D eigenvalue weighted by molar-refractivity contribution is 6.82. The molecule has 2 aliphatic heterocycles. The van der Waals surface area contributed by atoms with Crippen LogP contribution in [0.5, 0.6) is 0 Å². The Morgan fingerprint density at radius 2 is 1.77 bits per heavy atom. The van der Waals surface area contributed by atoms with E-state index in [4.69, 9.17) is 4.74 Å². The minimum absolute atomic E-state index is 0.0482. The number of hydrogen-bond donors (Lipinski definition) is 3. The average Bonchev–Trinajstić information content (AvgIpc) is 3.27. The number of carbonyl (C=O) groups excluding carboxylic acids is 3. The Bertz CT molecular complexity index is 1140. The predicted octanol–water partition coefficient (Wildman–Crippen LogP) is 4.14. The number of carbonyl (C=O) groups is 3. The van der Waals surface area contributed by atoms with E-state index in [1.54, 1.807) is 18.7 Å². The SMILES string of the molecule is CC(C)C(=O)OC[C@@H](NC(=O)N1CC2=C(NN(C)C2NC(=O)C2([Si](C)(C)C)CCC2)C1(C)C)c1ccccc1. The van der Waals surface area contributed by atoms with E-state index < -0.39 is 19.7 Å². The van der Waals surface area contributed by atoms with E-state index >= 15 is 0 Å². The van der Waals surface area contributed by atoms with Crippen LogP contribution in [0.3, 0.4) is 0 Å². The van der Waals surface area contributed by atoms with Gasteiger partial charge in [0.25, 0.3) is 0 Å². The molecule has 3 N–H and O–H groups in total. The van der Waals surface area contributed by atoms with Crippen molar-refractivity contribution in [1.82, 2.24) is 26.0 Å². The van der Waals surface area contributed by atoms with Crippen molar-refractivity contribution >= 4 is 26.0 Å². The fourth-order valence-corrected chi connectivity index (χ4v) is 8.57. The van der Waals surface area contributed by atoms with Gasteiger partial charge in [-0.1, -0.05) is 70.2 Å². The topological polar surface area (TPSA) is 103 Å². The van der Waals surface area contributed by atoms with Crippen LogP contribution >= 0.6 is 0 Å². The van der Waals surface area contributed by atoms with Crippen LogP contribution in [0.2, 0.25) is 24.7 Å². The molecule has 0 radical (unpaired) electrons. The largest absolute Gasteiger partial charge is 0.463 e. The van der Waals surface area contributed by atoms with Gasteiger partial charge in [-0.2, -0.15) is 0 Å². The Morgan fingerprint density at radius 3 is 2.31 bits per heavy atom. The first kappa shape index (κ1) is 29.1. The number of hydrazine groups is 1. The summed E-state index contributed by atoms with van der Waals surface area (Å²) in [6.45, 7) is 14.8. The first-order chi connectivity index (χ1) is 18.2. The van der Waals surface area contributed by atoms with E-state index in [0.717, 1.165) is 36.1 Å². The summed E-state index contributed by atoms with van der Waals surface area (Å²) in [5, 5.41) is 8.15. The lowest BCUT2D eigenvalue weighted by atomic mass is 9.83. The summed E-state index contributed by atoms with van der Waals surface area (Å²) in [6, 6.07) is 8.79. The van der Waals surface area contributed by atoms with E-state index in [0.29, 0.717) is 6.54 Å². The third kappa shape index (κ3) is 5.33. The molecule has 1 aromatic carbocycles. The average molecular weight is 556 g/mol. The first-order valence-electron chi connectivity index (χ1n) is 14.0. The Labute approximate surface area is 233 Å². The molecule has 2 atom stereocenters. The normalized spacial score (nSPS) is 22.6. The maximum Gasteiger partial charge on any atom is 0.319 e. The zero-order chi connectivity index (χ0) is 28.8. The van der Waals surface area contributed by atoms with Gasteiger partial charge in [0.15, 0.2) is 0 Å². The van der Waals surface area contributed by atoms with Gasteiger partial charge in [-0.05, 0) is 32.3 Å². The van der Waals surface area contributed by atoms with Crippen LogP contribution in [-0.2, 0) is 14.3 Å². The number of amides is 3. The first-order valence-corrected chi connectivity index (χ1v) is 17.5. The molecular formula is C29H45N5O4Si. The van der Waals surface area contributed by atoms with Crippen molar-refractivity contribution in [3.05, 3.63) is 47.2 Å². The van der Waals surface area contributed by atoms with Crippen molar-refractivity contribution in [2.75, 3.05) is 20.2 Å². The number of urea groups is 1. The zero-order valence-corrected chi connectivity index (χ0v) is 25.7. The molecule has 1 aromatic rings. The highest BCUT2D eigenvalue weighted by atomic mass is 28.3. The van der Waals surface area contributed by atoms with Crippen molar-refractivity contribution in [2.24, 2.45) is 5.92 Å². The minimum atomic E-state index is -1.73. The summed E-state index contributed by atoms with van der Waals surface area (Å²) < 4.78 is 5.51. The molecule has 0 bridgehead atoms. The molecule has 10 heteroatoms. The van der Waals surface area contributed by atoms with Crippen LogP contribution < -0.4 is 16.1 Å². The molecule has 1 fully saturated rings. The fraction of sp³-hybridized carbons (Fsp3) is 0.621. The molecule has 1 unspecified atom stereocenters. The summed E-state index contributed by atoms with van der Waals surface area (Å²) in [4.78, 5) is 41.3. The summed E-state index contributed by atoms with van der Waals surface area (Å²) in [5.74, 6) is -0.421. The lowest BCUT2D eigenvalue weighted by molar-refractivity contribution is -0.148. The van der Waals surface area contributed by atoms with Gasteiger partial charge in [0.1, 0.15) is 12.8 Å². The quantitative estimate of drug-likeness (QED) is 0.329. The lowest BCUT2D eigenvalue weighted by Crippen LogP contribution is -2.60. The molecule has 0 aromatic heterocycles. The summed E-state index contributed by atoms with van der Waals surface area (Å²) in [6.07, 6.45) is 2.68. The Balaban J connectivity index is 1.50. The second-order valence-corrected chi connectivity index (χ2v) is 18.5. The standard InChI is InChI=1S/C29H45N5O4Si/c1-19(2)25(35)38-18-22(20-13-10-9-11-14-20)30-27(37)34-17-21-23(28(34,3)4)32-33(5)24(21)31-26(36)29(15-12-16-29)39(6,7)8/h9-11,13-14,19,22,24,32H,12,15-18H2,1-8H3,(H,30,37)(H,31,36)/t22-,24?/m1/s1. The number of nitrogens with zero attached hydrogens (tertiary/aromatic N) is 2. The van der Waals surface area contributed by atoms with Crippen molar-refractivity contribution in [2.45, 2.75) is 89.4 Å². The molecule has 4 rings (SSSR count). The maximum absolute atomic E-state index is 13.7. The third-order valence-electron chi connectivity index (χ3n) is 8.90. The number of ether oxygens (including phenoxy) is 1. The van der Waals surface area contributed by atoms with E-state index in [1.165, 1.54) is 0 Å². The van der Waals surface area contributed by atoms with Crippen LogP contribution in [-0.4, -0.2) is 67.8 Å². The number of benzene rings is 1. The van der Waals surface area contributed by atoms with E-state index in [9.17, 15) is 14.4 Å². The summed E-state index contributed by atoms with van der Waals surface area (Å²) >= 11 is 0. The summed E-state index contributed by atoms with van der Waals surface area (Å²) in [5.41, 5.74) is 5.59. The van der Waals surface area contributed by atoms with Gasteiger partial charge in [0, 0.05) is 24.2 Å². The summed E-state index contributed by atoms with van der Waals surface area (Å²) in [7, 11) is 0.205. The molecule has 214 valence electrons. The Kier molecular flexibility index (Phi) is 7.93. The van der Waals surface area contributed by atoms with Gasteiger partial charge in [-0.15, -0.1) is 0 Å². The number of esters is 1. The molecule has 0 spiro atoms. The second kappa shape index (κ2) is 10.6. The van der Waals surface area contributed by atoms with E-state index in [1.807, 2.05) is 56.2 Å². The Morgan fingerprint density at radius 1 is 1.13 bits per heavy atom. The van der Waals surface area contributed by atoms with Crippen molar-refractivity contribution in [3.8, 4) is 0 Å². The second-order valence-electron chi connectivity index (χ2n) is 13.0. The number of likely N-dealkylation sites (N-methyl/N-ethyl adjacent to an activating group) is 1. The lowest BCUT2D eigenvalue weighted by Gasteiger charge is -2.49. The van der Waals surface area contributed by atoms with Gasteiger partial charge in [0.05, 0.1) is 31.3 Å². The highest BCUT2D eigenvalue weighted by Gasteiger charge is 2.55. The number of hydrogen-bond acceptors (Lipinski definition) is 6. The van der Waals surface area contributed by atoms with Crippen molar-refractivity contribution in [3.63, 3.8) is 0 Å². The molecule has 2 heterocycles. The minimum Gasteiger partial charge on any atom is -0.463 e. The van der Waals surface area contributed by atoms with Crippen molar-refractivity contribution < 1.29 is 19.1 Å². The van der Waals surface area contributed by atoms with E-state index in [-0.39, 0.29) is 41.6 Å². The monoisotopic (exact) mass is 555 g/mol. The molecule has 1 aliphatic carbocycles. The highest BCUT2D eigenvalue weighted by Crippen LogP contribution is 2.55. The molecule has 3 amide bonds. The number of nitrogens with one attached hydrogen (secondary N) is 3.